The quantitative estimate of drug-likeness (QED) is 0.681. The molecule has 0 aliphatic carbocycles. The Bertz CT molecular complexity index is 821. The van der Waals surface area contributed by atoms with E-state index in [1.54, 1.807) is 0 Å². The van der Waals surface area contributed by atoms with Gasteiger partial charge in [0, 0.05) is 24.2 Å². The van der Waals surface area contributed by atoms with Crippen LogP contribution < -0.4 is 10.6 Å². The molecule has 0 heterocycles. The molecule has 156 valence electrons. The number of anilines is 1. The Morgan fingerprint density at radius 2 is 1.72 bits per heavy atom. The Labute approximate surface area is 173 Å². The van der Waals surface area contributed by atoms with Gasteiger partial charge in [0.15, 0.2) is 0 Å². The number of nitrogens with one attached hydrogen (secondary N) is 2. The van der Waals surface area contributed by atoms with Crippen LogP contribution in [0.25, 0.3) is 0 Å². The van der Waals surface area contributed by atoms with E-state index in [-0.39, 0.29) is 36.3 Å². The lowest BCUT2D eigenvalue weighted by Gasteiger charge is -2.19. The third kappa shape index (κ3) is 7.70. The minimum absolute atomic E-state index is 0.0469. The number of benzene rings is 2. The predicted molar refractivity (Wildman–Crippen MR) is 117 cm³/mol. The fraction of sp³-hybridized carbons (Fsp3) is 0.417. The molecule has 2 N–H and O–H groups in total. The molecule has 0 unspecified atom stereocenters. The first-order valence-electron chi connectivity index (χ1n) is 10.0. The fourth-order valence-electron chi connectivity index (χ4n) is 2.74. The first-order chi connectivity index (χ1) is 13.6. The van der Waals surface area contributed by atoms with Crippen molar-refractivity contribution in [2.24, 2.45) is 0 Å². The van der Waals surface area contributed by atoms with Crippen molar-refractivity contribution in [3.05, 3.63) is 65.2 Å². The summed E-state index contributed by atoms with van der Waals surface area (Å²) < 4.78 is 5.59. The molecule has 0 aliphatic heterocycles. The number of hydrogen-bond donors (Lipinski definition) is 2. The highest BCUT2D eigenvalue weighted by Gasteiger charge is 2.14. The molecule has 0 aromatic heterocycles. The SMILES string of the molecule is CC(C)OCc1cccc(NC(=O)CCNC(=O)c2ccc(C(C)(C)C)cc2)c1. The lowest BCUT2D eigenvalue weighted by Crippen LogP contribution is -2.27. The van der Waals surface area contributed by atoms with E-state index in [0.717, 1.165) is 11.3 Å². The van der Waals surface area contributed by atoms with Gasteiger partial charge in [-0.1, -0.05) is 45.0 Å². The molecule has 0 aliphatic rings. The minimum atomic E-state index is -0.175. The van der Waals surface area contributed by atoms with E-state index in [4.69, 9.17) is 4.74 Å². The van der Waals surface area contributed by atoms with Gasteiger partial charge in [0.2, 0.25) is 5.91 Å². The van der Waals surface area contributed by atoms with Crippen molar-refractivity contribution in [1.29, 1.82) is 0 Å². The van der Waals surface area contributed by atoms with Gasteiger partial charge in [0.25, 0.3) is 5.91 Å². The Kier molecular flexibility index (Phi) is 7.97. The van der Waals surface area contributed by atoms with E-state index < -0.39 is 0 Å². The van der Waals surface area contributed by atoms with Crippen LogP contribution in [-0.4, -0.2) is 24.5 Å². The summed E-state index contributed by atoms with van der Waals surface area (Å²) in [6.07, 6.45) is 0.361. The summed E-state index contributed by atoms with van der Waals surface area (Å²) in [6, 6.07) is 15.2. The largest absolute Gasteiger partial charge is 0.374 e. The van der Waals surface area contributed by atoms with Crippen LogP contribution in [0.15, 0.2) is 48.5 Å². The van der Waals surface area contributed by atoms with Gasteiger partial charge < -0.3 is 15.4 Å². The fourth-order valence-corrected chi connectivity index (χ4v) is 2.74. The smallest absolute Gasteiger partial charge is 0.251 e. The normalized spacial score (nSPS) is 11.4. The predicted octanol–water partition coefficient (Wildman–Crippen LogP) is 4.67. The third-order valence-electron chi connectivity index (χ3n) is 4.44. The lowest BCUT2D eigenvalue weighted by atomic mass is 9.87. The van der Waals surface area contributed by atoms with Gasteiger partial charge in [-0.3, -0.25) is 9.59 Å². The molecule has 0 fully saturated rings. The molecule has 0 saturated heterocycles. The molecule has 2 amide bonds. The van der Waals surface area contributed by atoms with E-state index in [2.05, 4.69) is 31.4 Å². The number of amides is 2. The van der Waals surface area contributed by atoms with E-state index >= 15 is 0 Å². The first kappa shape index (κ1) is 22.6. The molecule has 5 heteroatoms. The van der Waals surface area contributed by atoms with Gasteiger partial charge in [-0.25, -0.2) is 0 Å². The van der Waals surface area contributed by atoms with Crippen LogP contribution in [0.4, 0.5) is 5.69 Å². The van der Waals surface area contributed by atoms with Crippen LogP contribution >= 0.6 is 0 Å². The summed E-state index contributed by atoms with van der Waals surface area (Å²) in [5, 5.41) is 5.66. The van der Waals surface area contributed by atoms with Gasteiger partial charge in [0.05, 0.1) is 12.7 Å². The second kappa shape index (κ2) is 10.2. The lowest BCUT2D eigenvalue weighted by molar-refractivity contribution is -0.116. The second-order valence-electron chi connectivity index (χ2n) is 8.44. The molecule has 0 spiro atoms. The highest BCUT2D eigenvalue weighted by molar-refractivity contribution is 5.95. The average Bonchev–Trinajstić information content (AvgIpc) is 2.66. The molecule has 0 radical (unpaired) electrons. The topological polar surface area (TPSA) is 67.4 Å². The maximum atomic E-state index is 12.3. The summed E-state index contributed by atoms with van der Waals surface area (Å²) in [5.74, 6) is -0.318. The number of rotatable bonds is 8. The van der Waals surface area contributed by atoms with E-state index in [1.165, 1.54) is 5.56 Å². The van der Waals surface area contributed by atoms with Crippen molar-refractivity contribution < 1.29 is 14.3 Å². The van der Waals surface area contributed by atoms with Crippen LogP contribution in [0.2, 0.25) is 0 Å². The van der Waals surface area contributed by atoms with Crippen LogP contribution in [0, 0.1) is 0 Å². The monoisotopic (exact) mass is 396 g/mol. The van der Waals surface area contributed by atoms with E-state index in [9.17, 15) is 9.59 Å². The van der Waals surface area contributed by atoms with Gasteiger partial charge >= 0.3 is 0 Å². The molecule has 0 saturated carbocycles. The maximum Gasteiger partial charge on any atom is 0.251 e. The van der Waals surface area contributed by atoms with Crippen LogP contribution in [0.1, 0.15) is 62.5 Å². The Balaban J connectivity index is 1.79. The van der Waals surface area contributed by atoms with Crippen molar-refractivity contribution in [1.82, 2.24) is 5.32 Å². The summed E-state index contributed by atoms with van der Waals surface area (Å²) in [5.41, 5.74) is 3.55. The zero-order valence-corrected chi connectivity index (χ0v) is 18.0. The highest BCUT2D eigenvalue weighted by Crippen LogP contribution is 2.22. The Hall–Kier alpha value is -2.66. The molecule has 0 bridgehead atoms. The summed E-state index contributed by atoms with van der Waals surface area (Å²) >= 11 is 0. The number of carbonyl (C=O) groups is 2. The molecule has 0 atom stereocenters. The average molecular weight is 397 g/mol. The van der Waals surface area contributed by atoms with Gasteiger partial charge in [-0.15, -0.1) is 0 Å². The van der Waals surface area contributed by atoms with Gasteiger partial charge in [-0.2, -0.15) is 0 Å². The number of carbonyl (C=O) groups excluding carboxylic acids is 2. The third-order valence-corrected chi connectivity index (χ3v) is 4.44. The molecular formula is C24H32N2O3. The zero-order chi connectivity index (χ0) is 21.4. The number of hydrogen-bond acceptors (Lipinski definition) is 3. The second-order valence-corrected chi connectivity index (χ2v) is 8.44. The molecule has 2 rings (SSSR count). The summed E-state index contributed by atoms with van der Waals surface area (Å²) in [4.78, 5) is 24.4. The number of ether oxygens (including phenoxy) is 1. The highest BCUT2D eigenvalue weighted by atomic mass is 16.5. The molecule has 2 aromatic carbocycles. The van der Waals surface area contributed by atoms with Crippen LogP contribution in [-0.2, 0) is 21.6 Å². The van der Waals surface area contributed by atoms with Crippen molar-refractivity contribution in [2.45, 2.75) is 59.2 Å². The van der Waals surface area contributed by atoms with Gasteiger partial charge in [-0.05, 0) is 54.7 Å². The van der Waals surface area contributed by atoms with Crippen molar-refractivity contribution in [2.75, 3.05) is 11.9 Å². The van der Waals surface area contributed by atoms with Crippen molar-refractivity contribution >= 4 is 17.5 Å². The molecular weight excluding hydrogens is 364 g/mol. The standard InChI is InChI=1S/C24H32N2O3/c1-17(2)29-16-18-7-6-8-21(15-18)26-22(27)13-14-25-23(28)19-9-11-20(12-10-19)24(3,4)5/h6-12,15,17H,13-14,16H2,1-5H3,(H,25,28)(H,26,27). The summed E-state index contributed by atoms with van der Waals surface area (Å²) in [7, 11) is 0. The molecule has 2 aromatic rings. The van der Waals surface area contributed by atoms with Crippen molar-refractivity contribution in [3.63, 3.8) is 0 Å². The Morgan fingerprint density at radius 1 is 1.03 bits per heavy atom. The van der Waals surface area contributed by atoms with Gasteiger partial charge in [0.1, 0.15) is 0 Å². The molecule has 5 nitrogen and oxygen atoms in total. The zero-order valence-electron chi connectivity index (χ0n) is 18.0. The van der Waals surface area contributed by atoms with E-state index in [0.29, 0.717) is 12.2 Å². The van der Waals surface area contributed by atoms with Crippen LogP contribution in [0.3, 0.4) is 0 Å². The first-order valence-corrected chi connectivity index (χ1v) is 10.0. The minimum Gasteiger partial charge on any atom is -0.374 e. The summed E-state index contributed by atoms with van der Waals surface area (Å²) in [6.45, 7) is 11.2. The van der Waals surface area contributed by atoms with E-state index in [1.807, 2.05) is 62.4 Å². The Morgan fingerprint density at radius 3 is 2.34 bits per heavy atom. The molecule has 29 heavy (non-hydrogen) atoms. The maximum absolute atomic E-state index is 12.3. The van der Waals surface area contributed by atoms with Crippen LogP contribution in [0.5, 0.6) is 0 Å². The van der Waals surface area contributed by atoms with Crippen molar-refractivity contribution in [3.8, 4) is 0 Å².